The van der Waals surface area contributed by atoms with E-state index in [9.17, 15) is 0 Å². The fourth-order valence-corrected chi connectivity index (χ4v) is 3.22. The first-order valence-electron chi connectivity index (χ1n) is 6.11. The van der Waals surface area contributed by atoms with Crippen molar-refractivity contribution in [1.29, 1.82) is 0 Å². The van der Waals surface area contributed by atoms with Crippen molar-refractivity contribution in [1.82, 2.24) is 0 Å². The van der Waals surface area contributed by atoms with Crippen LogP contribution in [0.15, 0.2) is 0 Å². The maximum Gasteiger partial charge on any atom is 0.00313 e. The summed E-state index contributed by atoms with van der Waals surface area (Å²) in [5.41, 5.74) is 0. The molecule has 0 aliphatic rings. The summed E-state index contributed by atoms with van der Waals surface area (Å²) in [6, 6.07) is 0. The van der Waals surface area contributed by atoms with Gasteiger partial charge in [0.1, 0.15) is 0 Å². The van der Waals surface area contributed by atoms with Crippen molar-refractivity contribution in [3.05, 3.63) is 0 Å². The Kier molecular flexibility index (Phi) is 16.6. The molecule has 0 amide bonds. The first-order valence-corrected chi connectivity index (χ1v) is 9.51. The monoisotopic (exact) mass is 358 g/mol. The van der Waals surface area contributed by atoms with Crippen LogP contribution in [0.2, 0.25) is 0 Å². The minimum atomic E-state index is 1.17. The van der Waals surface area contributed by atoms with Gasteiger partial charge >= 0.3 is 0 Å². The lowest BCUT2D eigenvalue weighted by Gasteiger charge is -2.01. The molecule has 15 heavy (non-hydrogen) atoms. The standard InChI is InChI=1S/C12H24Br2S/c13-9-5-1-3-7-11-15-12-8-4-2-6-10-14/h1-12H2. The van der Waals surface area contributed by atoms with Gasteiger partial charge in [-0.25, -0.2) is 0 Å². The van der Waals surface area contributed by atoms with Crippen molar-refractivity contribution >= 4 is 43.6 Å². The van der Waals surface area contributed by atoms with Crippen LogP contribution >= 0.6 is 43.6 Å². The summed E-state index contributed by atoms with van der Waals surface area (Å²) in [6.45, 7) is 0. The molecule has 0 N–H and O–H groups in total. The Labute approximate surface area is 117 Å². The van der Waals surface area contributed by atoms with Crippen molar-refractivity contribution in [2.24, 2.45) is 0 Å². The van der Waals surface area contributed by atoms with Crippen LogP contribution in [0.3, 0.4) is 0 Å². The van der Waals surface area contributed by atoms with Gasteiger partial charge in [-0.1, -0.05) is 57.5 Å². The average molecular weight is 360 g/mol. The smallest absolute Gasteiger partial charge is 0.00313 e. The third-order valence-electron chi connectivity index (χ3n) is 2.34. The summed E-state index contributed by atoms with van der Waals surface area (Å²) in [4.78, 5) is 0. The molecule has 0 bridgehead atoms. The van der Waals surface area contributed by atoms with E-state index in [0.29, 0.717) is 0 Å². The van der Waals surface area contributed by atoms with Crippen molar-refractivity contribution in [3.63, 3.8) is 0 Å². The third-order valence-corrected chi connectivity index (χ3v) is 4.62. The molecule has 3 heteroatoms. The summed E-state index contributed by atoms with van der Waals surface area (Å²) in [6.07, 6.45) is 11.2. The summed E-state index contributed by atoms with van der Waals surface area (Å²) in [5, 5.41) is 2.35. The molecule has 0 unspecified atom stereocenters. The fourth-order valence-electron chi connectivity index (χ4n) is 1.41. The Balaban J connectivity index is 2.81. The van der Waals surface area contributed by atoms with E-state index in [1.54, 1.807) is 0 Å². The topological polar surface area (TPSA) is 0 Å². The van der Waals surface area contributed by atoms with Crippen molar-refractivity contribution in [2.75, 3.05) is 22.2 Å². The Hall–Kier alpha value is 1.31. The number of alkyl halides is 2. The first-order chi connectivity index (χ1) is 7.41. The quantitative estimate of drug-likeness (QED) is 0.321. The molecule has 0 saturated carbocycles. The van der Waals surface area contributed by atoms with Gasteiger partial charge in [0.05, 0.1) is 0 Å². The van der Waals surface area contributed by atoms with E-state index in [-0.39, 0.29) is 0 Å². The van der Waals surface area contributed by atoms with Crippen molar-refractivity contribution in [2.45, 2.75) is 51.4 Å². The van der Waals surface area contributed by atoms with Gasteiger partial charge in [-0.3, -0.25) is 0 Å². The van der Waals surface area contributed by atoms with E-state index in [0.717, 1.165) is 0 Å². The lowest BCUT2D eigenvalue weighted by Crippen LogP contribution is -1.86. The lowest BCUT2D eigenvalue weighted by molar-refractivity contribution is 0.706. The number of hydrogen-bond donors (Lipinski definition) is 0. The molecule has 0 atom stereocenters. The van der Waals surface area contributed by atoms with E-state index in [1.807, 2.05) is 0 Å². The molecule has 0 spiro atoms. The molecule has 0 aromatic carbocycles. The Bertz CT molecular complexity index is 97.8. The van der Waals surface area contributed by atoms with Crippen LogP contribution in [-0.2, 0) is 0 Å². The predicted molar refractivity (Wildman–Crippen MR) is 81.8 cm³/mol. The molecule has 0 fully saturated rings. The Morgan fingerprint density at radius 3 is 1.33 bits per heavy atom. The molecule has 0 aromatic rings. The minimum Gasteiger partial charge on any atom is -0.162 e. The molecule has 92 valence electrons. The zero-order valence-corrected chi connectivity index (χ0v) is 13.6. The highest BCUT2D eigenvalue weighted by molar-refractivity contribution is 9.09. The van der Waals surface area contributed by atoms with Crippen LogP contribution in [0.4, 0.5) is 0 Å². The van der Waals surface area contributed by atoms with Gasteiger partial charge in [0.15, 0.2) is 0 Å². The molecule has 0 heterocycles. The van der Waals surface area contributed by atoms with E-state index >= 15 is 0 Å². The van der Waals surface area contributed by atoms with Gasteiger partial charge in [0.25, 0.3) is 0 Å². The third kappa shape index (κ3) is 15.3. The van der Waals surface area contributed by atoms with E-state index in [2.05, 4.69) is 43.6 Å². The predicted octanol–water partition coefficient (Wildman–Crippen LogP) is 5.63. The average Bonchev–Trinajstić information content (AvgIpc) is 2.26. The van der Waals surface area contributed by atoms with Gasteiger partial charge in [0, 0.05) is 10.7 Å². The summed E-state index contributed by atoms with van der Waals surface area (Å²) in [5.74, 6) is 2.75. The molecule has 0 nitrogen and oxygen atoms in total. The molecular weight excluding hydrogens is 336 g/mol. The van der Waals surface area contributed by atoms with Crippen LogP contribution in [-0.4, -0.2) is 22.2 Å². The number of hydrogen-bond acceptors (Lipinski definition) is 1. The highest BCUT2D eigenvalue weighted by atomic mass is 79.9. The number of thioether (sulfide) groups is 1. The van der Waals surface area contributed by atoms with Crippen LogP contribution in [0.25, 0.3) is 0 Å². The maximum absolute atomic E-state index is 3.46. The molecule has 0 aromatic heterocycles. The summed E-state index contributed by atoms with van der Waals surface area (Å²) >= 11 is 9.08. The SMILES string of the molecule is BrCCCCCCSCCCCCCBr. The number of halogens is 2. The van der Waals surface area contributed by atoms with Crippen LogP contribution < -0.4 is 0 Å². The first kappa shape index (κ1) is 16.3. The summed E-state index contributed by atoms with van der Waals surface area (Å²) < 4.78 is 0. The molecular formula is C12H24Br2S. The van der Waals surface area contributed by atoms with Gasteiger partial charge in [-0.15, -0.1) is 0 Å². The minimum absolute atomic E-state index is 1.17. The number of unbranched alkanes of at least 4 members (excludes halogenated alkanes) is 6. The highest BCUT2D eigenvalue weighted by Crippen LogP contribution is 2.11. The van der Waals surface area contributed by atoms with Crippen LogP contribution in [0, 0.1) is 0 Å². The Morgan fingerprint density at radius 1 is 0.533 bits per heavy atom. The molecule has 0 saturated heterocycles. The van der Waals surface area contributed by atoms with Gasteiger partial charge in [0.2, 0.25) is 0 Å². The van der Waals surface area contributed by atoms with E-state index in [4.69, 9.17) is 0 Å². The van der Waals surface area contributed by atoms with Gasteiger partial charge in [-0.2, -0.15) is 11.8 Å². The Morgan fingerprint density at radius 2 is 0.933 bits per heavy atom. The molecule has 0 aliphatic carbocycles. The van der Waals surface area contributed by atoms with Crippen LogP contribution in [0.5, 0.6) is 0 Å². The fraction of sp³-hybridized carbons (Fsp3) is 1.00. The van der Waals surface area contributed by atoms with E-state index in [1.165, 1.54) is 73.5 Å². The van der Waals surface area contributed by atoms with Gasteiger partial charge in [-0.05, 0) is 37.2 Å². The lowest BCUT2D eigenvalue weighted by atomic mass is 10.2. The molecule has 0 aliphatic heterocycles. The second-order valence-corrected chi connectivity index (χ2v) is 6.63. The van der Waals surface area contributed by atoms with Crippen molar-refractivity contribution < 1.29 is 0 Å². The van der Waals surface area contributed by atoms with Crippen LogP contribution in [0.1, 0.15) is 51.4 Å². The van der Waals surface area contributed by atoms with Gasteiger partial charge < -0.3 is 0 Å². The highest BCUT2D eigenvalue weighted by Gasteiger charge is 1.92. The van der Waals surface area contributed by atoms with Crippen molar-refractivity contribution in [3.8, 4) is 0 Å². The molecule has 0 radical (unpaired) electrons. The summed E-state index contributed by atoms with van der Waals surface area (Å²) in [7, 11) is 0. The number of rotatable bonds is 12. The normalized spacial score (nSPS) is 10.8. The second-order valence-electron chi connectivity index (χ2n) is 3.82. The zero-order chi connectivity index (χ0) is 11.2. The second kappa shape index (κ2) is 15.3. The molecule has 0 rings (SSSR count). The van der Waals surface area contributed by atoms with E-state index < -0.39 is 0 Å². The zero-order valence-electron chi connectivity index (χ0n) is 9.65. The largest absolute Gasteiger partial charge is 0.162 e. The maximum atomic E-state index is 3.46.